The lowest BCUT2D eigenvalue weighted by atomic mass is 10.1. The van der Waals surface area contributed by atoms with E-state index in [1.807, 2.05) is 30.3 Å². The number of fused-ring (bicyclic) bond motifs is 1. The van der Waals surface area contributed by atoms with Crippen molar-refractivity contribution in [3.05, 3.63) is 64.3 Å². The fourth-order valence-electron chi connectivity index (χ4n) is 2.60. The lowest BCUT2D eigenvalue weighted by Gasteiger charge is -2.13. The minimum absolute atomic E-state index is 0.0403. The molecule has 1 atom stereocenters. The molecule has 7 nitrogen and oxygen atoms in total. The first-order chi connectivity index (χ1) is 11.3. The Labute approximate surface area is 139 Å². The van der Waals surface area contributed by atoms with Gasteiger partial charge in [-0.3, -0.25) is 9.20 Å². The van der Waals surface area contributed by atoms with Gasteiger partial charge in [-0.05, 0) is 25.5 Å². The summed E-state index contributed by atoms with van der Waals surface area (Å²) < 4.78 is 30.6. The van der Waals surface area contributed by atoms with Crippen molar-refractivity contribution >= 4 is 15.5 Å². The van der Waals surface area contributed by atoms with Crippen molar-refractivity contribution in [1.82, 2.24) is 18.9 Å². The highest BCUT2D eigenvalue weighted by Crippen LogP contribution is 2.18. The van der Waals surface area contributed by atoms with Crippen molar-refractivity contribution in [2.75, 3.05) is 0 Å². The maximum absolute atomic E-state index is 12.6. The topological polar surface area (TPSA) is 85.5 Å². The zero-order chi connectivity index (χ0) is 17.5. The highest BCUT2D eigenvalue weighted by molar-refractivity contribution is 7.89. The van der Waals surface area contributed by atoms with Crippen LogP contribution < -0.4 is 10.3 Å². The Hall–Kier alpha value is -2.45. The van der Waals surface area contributed by atoms with Crippen LogP contribution in [-0.2, 0) is 17.1 Å². The lowest BCUT2D eigenvalue weighted by Crippen LogP contribution is -2.26. The van der Waals surface area contributed by atoms with Crippen LogP contribution in [0.5, 0.6) is 0 Å². The van der Waals surface area contributed by atoms with E-state index in [2.05, 4.69) is 9.82 Å². The summed E-state index contributed by atoms with van der Waals surface area (Å²) in [4.78, 5) is 12.2. The van der Waals surface area contributed by atoms with Crippen molar-refractivity contribution in [3.8, 4) is 0 Å². The first kappa shape index (κ1) is 16.4. The molecular formula is C16H18N4O3S. The van der Waals surface area contributed by atoms with Crippen LogP contribution in [-0.4, -0.2) is 22.6 Å². The largest absolute Gasteiger partial charge is 0.298 e. The van der Waals surface area contributed by atoms with Gasteiger partial charge in [-0.15, -0.1) is 0 Å². The molecule has 3 aromatic rings. The van der Waals surface area contributed by atoms with Crippen LogP contribution in [0.3, 0.4) is 0 Å². The van der Waals surface area contributed by atoms with Crippen LogP contribution in [0.1, 0.15) is 24.4 Å². The molecule has 2 heterocycles. The van der Waals surface area contributed by atoms with Gasteiger partial charge in [-0.1, -0.05) is 30.3 Å². The van der Waals surface area contributed by atoms with Crippen LogP contribution in [0.25, 0.3) is 5.52 Å². The van der Waals surface area contributed by atoms with Crippen molar-refractivity contribution in [3.63, 3.8) is 0 Å². The number of rotatable bonds is 4. The Morgan fingerprint density at radius 3 is 2.54 bits per heavy atom. The van der Waals surface area contributed by atoms with E-state index < -0.39 is 10.0 Å². The molecule has 0 saturated heterocycles. The Balaban J connectivity index is 2.01. The highest BCUT2D eigenvalue weighted by Gasteiger charge is 2.21. The molecule has 1 N–H and O–H groups in total. The predicted molar refractivity (Wildman–Crippen MR) is 90.3 cm³/mol. The number of aryl methyl sites for hydroxylation is 2. The van der Waals surface area contributed by atoms with Gasteiger partial charge in [0.05, 0.1) is 0 Å². The fraction of sp³-hybridized carbons (Fsp3) is 0.250. The number of aromatic nitrogens is 3. The molecule has 0 radical (unpaired) electrons. The van der Waals surface area contributed by atoms with Crippen LogP contribution in [0, 0.1) is 6.92 Å². The summed E-state index contributed by atoms with van der Waals surface area (Å²) >= 11 is 0. The molecule has 2 aromatic heterocycles. The highest BCUT2D eigenvalue weighted by atomic mass is 32.2. The van der Waals surface area contributed by atoms with E-state index in [4.69, 9.17) is 0 Å². The Kier molecular flexibility index (Phi) is 4.02. The van der Waals surface area contributed by atoms with E-state index in [1.165, 1.54) is 28.4 Å². The van der Waals surface area contributed by atoms with Crippen molar-refractivity contribution < 1.29 is 8.42 Å². The molecule has 8 heteroatoms. The third kappa shape index (κ3) is 2.85. The summed E-state index contributed by atoms with van der Waals surface area (Å²) in [6.07, 6.45) is 1.42. The summed E-state index contributed by atoms with van der Waals surface area (Å²) in [5.74, 6) is 0.532. The molecule has 0 saturated carbocycles. The SMILES string of the molecule is Cc1nn(C)c(=O)c2cc(S(=O)(=O)NC(C)c3ccccc3)cn12. The van der Waals surface area contributed by atoms with E-state index in [9.17, 15) is 13.2 Å². The number of sulfonamides is 1. The van der Waals surface area contributed by atoms with Gasteiger partial charge >= 0.3 is 0 Å². The van der Waals surface area contributed by atoms with E-state index >= 15 is 0 Å². The number of hydrogen-bond acceptors (Lipinski definition) is 4. The van der Waals surface area contributed by atoms with Gasteiger partial charge in [0.15, 0.2) is 0 Å². The summed E-state index contributed by atoms with van der Waals surface area (Å²) in [7, 11) is -2.23. The van der Waals surface area contributed by atoms with E-state index in [1.54, 1.807) is 13.8 Å². The third-order valence-electron chi connectivity index (χ3n) is 3.89. The van der Waals surface area contributed by atoms with Crippen molar-refractivity contribution in [1.29, 1.82) is 0 Å². The Morgan fingerprint density at radius 2 is 1.88 bits per heavy atom. The smallest absolute Gasteiger partial charge is 0.290 e. The maximum Gasteiger partial charge on any atom is 0.290 e. The molecular weight excluding hydrogens is 328 g/mol. The molecule has 0 fully saturated rings. The van der Waals surface area contributed by atoms with Gasteiger partial charge in [0.1, 0.15) is 16.2 Å². The number of nitrogens with zero attached hydrogens (tertiary/aromatic N) is 3. The van der Waals surface area contributed by atoms with Crippen LogP contribution >= 0.6 is 0 Å². The third-order valence-corrected chi connectivity index (χ3v) is 5.40. The second kappa shape index (κ2) is 5.88. The van der Waals surface area contributed by atoms with Crippen molar-refractivity contribution in [2.45, 2.75) is 24.8 Å². The molecule has 0 aliphatic heterocycles. The van der Waals surface area contributed by atoms with E-state index in [-0.39, 0.29) is 22.0 Å². The average molecular weight is 346 g/mol. The summed E-state index contributed by atoms with van der Waals surface area (Å²) in [5, 5.41) is 4.06. The van der Waals surface area contributed by atoms with Crippen molar-refractivity contribution in [2.24, 2.45) is 7.05 Å². The van der Waals surface area contributed by atoms with Gasteiger partial charge in [0, 0.05) is 19.3 Å². The zero-order valence-corrected chi connectivity index (χ0v) is 14.4. The Bertz CT molecular complexity index is 1050. The van der Waals surface area contributed by atoms with E-state index in [0.717, 1.165) is 5.56 Å². The minimum Gasteiger partial charge on any atom is -0.298 e. The van der Waals surface area contributed by atoms with Gasteiger partial charge in [-0.2, -0.15) is 5.10 Å². The summed E-state index contributed by atoms with van der Waals surface area (Å²) in [6.45, 7) is 3.48. The molecule has 0 aliphatic carbocycles. The lowest BCUT2D eigenvalue weighted by molar-refractivity contribution is 0.567. The van der Waals surface area contributed by atoms with E-state index in [0.29, 0.717) is 5.82 Å². The molecule has 0 spiro atoms. The molecule has 0 bridgehead atoms. The number of benzene rings is 1. The second-order valence-electron chi connectivity index (χ2n) is 5.66. The average Bonchev–Trinajstić information content (AvgIpc) is 3.00. The minimum atomic E-state index is -3.76. The van der Waals surface area contributed by atoms with Gasteiger partial charge < -0.3 is 0 Å². The van der Waals surface area contributed by atoms with Gasteiger partial charge in [0.2, 0.25) is 10.0 Å². The van der Waals surface area contributed by atoms with Gasteiger partial charge in [0.25, 0.3) is 5.56 Å². The quantitative estimate of drug-likeness (QED) is 0.773. The first-order valence-corrected chi connectivity index (χ1v) is 8.91. The van der Waals surface area contributed by atoms with Gasteiger partial charge in [-0.25, -0.2) is 17.8 Å². The first-order valence-electron chi connectivity index (χ1n) is 7.43. The normalized spacial score (nSPS) is 13.3. The number of hydrogen-bond donors (Lipinski definition) is 1. The van der Waals surface area contributed by atoms with Crippen LogP contribution in [0.2, 0.25) is 0 Å². The molecule has 1 unspecified atom stereocenters. The van der Waals surface area contributed by atoms with Crippen LogP contribution in [0.15, 0.2) is 52.3 Å². The van der Waals surface area contributed by atoms with Crippen LogP contribution in [0.4, 0.5) is 0 Å². The summed E-state index contributed by atoms with van der Waals surface area (Å²) in [6, 6.07) is 10.3. The predicted octanol–water partition coefficient (Wildman–Crippen LogP) is 1.38. The molecule has 126 valence electrons. The molecule has 0 aliphatic rings. The molecule has 3 rings (SSSR count). The maximum atomic E-state index is 12.6. The zero-order valence-electron chi connectivity index (χ0n) is 13.6. The summed E-state index contributed by atoms with van der Waals surface area (Å²) in [5.41, 5.74) is 0.787. The monoisotopic (exact) mass is 346 g/mol. The Morgan fingerprint density at radius 1 is 1.21 bits per heavy atom. The molecule has 1 aromatic carbocycles. The number of nitrogens with one attached hydrogen (secondary N) is 1. The fourth-order valence-corrected chi connectivity index (χ4v) is 3.85. The molecule has 24 heavy (non-hydrogen) atoms. The molecule has 0 amide bonds. The standard InChI is InChI=1S/C16H18N4O3S/c1-11(13-7-5-4-6-8-13)18-24(22,23)14-9-15-16(21)19(3)17-12(2)20(15)10-14/h4-11,18H,1-3H3. The second-order valence-corrected chi connectivity index (χ2v) is 7.37.